The highest BCUT2D eigenvalue weighted by Crippen LogP contribution is 2.39. The SMILES string of the molecule is CC(NCC(O)c1ccc2c(c1)N(S(C)(=O)=O)CO2)(Oc1csc2ccccc12)Oc1csc2ccccc12. The molecule has 8 nitrogen and oxygen atoms in total. The van der Waals surface area contributed by atoms with Crippen molar-refractivity contribution >= 4 is 58.6 Å². The van der Waals surface area contributed by atoms with Gasteiger partial charge in [0.2, 0.25) is 10.0 Å². The molecule has 0 bridgehead atoms. The van der Waals surface area contributed by atoms with Crippen LogP contribution >= 0.6 is 22.7 Å². The highest BCUT2D eigenvalue weighted by atomic mass is 32.2. The summed E-state index contributed by atoms with van der Waals surface area (Å²) in [5, 5.41) is 20.2. The van der Waals surface area contributed by atoms with Crippen LogP contribution in [0.25, 0.3) is 20.2 Å². The van der Waals surface area contributed by atoms with Crippen LogP contribution in [0.15, 0.2) is 77.5 Å². The Kier molecular flexibility index (Phi) is 6.64. The quantitative estimate of drug-likeness (QED) is 0.216. The lowest BCUT2D eigenvalue weighted by Gasteiger charge is -2.32. The Balaban J connectivity index is 1.28. The first-order chi connectivity index (χ1) is 18.7. The number of nitrogens with one attached hydrogen (secondary N) is 1. The van der Waals surface area contributed by atoms with Crippen molar-refractivity contribution in [3.63, 3.8) is 0 Å². The predicted octanol–water partition coefficient (Wildman–Crippen LogP) is 5.69. The smallest absolute Gasteiger partial charge is 0.310 e. The van der Waals surface area contributed by atoms with Crippen LogP contribution in [0.3, 0.4) is 0 Å². The van der Waals surface area contributed by atoms with E-state index in [9.17, 15) is 13.5 Å². The van der Waals surface area contributed by atoms with E-state index in [1.165, 1.54) is 4.31 Å². The number of rotatable bonds is 9. The first-order valence-electron chi connectivity index (χ1n) is 12.2. The van der Waals surface area contributed by atoms with E-state index in [2.05, 4.69) is 5.32 Å². The molecule has 0 saturated heterocycles. The van der Waals surface area contributed by atoms with Gasteiger partial charge in [-0.15, -0.1) is 22.7 Å². The zero-order valence-corrected chi connectivity index (χ0v) is 23.6. The van der Waals surface area contributed by atoms with Crippen molar-refractivity contribution in [2.24, 2.45) is 0 Å². The fourth-order valence-electron chi connectivity index (χ4n) is 4.51. The summed E-state index contributed by atoms with van der Waals surface area (Å²) < 4.78 is 46.1. The average Bonchev–Trinajstić information content (AvgIpc) is 3.64. The van der Waals surface area contributed by atoms with Crippen molar-refractivity contribution in [1.29, 1.82) is 0 Å². The molecule has 202 valence electrons. The lowest BCUT2D eigenvalue weighted by atomic mass is 10.1. The van der Waals surface area contributed by atoms with Gasteiger partial charge in [0.1, 0.15) is 17.2 Å². The Labute approximate surface area is 234 Å². The number of hydrogen-bond acceptors (Lipinski definition) is 9. The number of aliphatic hydroxyl groups excluding tert-OH is 1. The lowest BCUT2D eigenvalue weighted by molar-refractivity contribution is -0.127. The van der Waals surface area contributed by atoms with Gasteiger partial charge in [0.15, 0.2) is 6.73 Å². The molecular formula is C28H26N2O6S3. The van der Waals surface area contributed by atoms with Crippen LogP contribution in [0.1, 0.15) is 18.6 Å². The fraction of sp³-hybridized carbons (Fsp3) is 0.214. The number of anilines is 1. The largest absolute Gasteiger partial charge is 0.470 e. The molecule has 1 aliphatic heterocycles. The van der Waals surface area contributed by atoms with Crippen LogP contribution < -0.4 is 23.8 Å². The van der Waals surface area contributed by atoms with Crippen LogP contribution in [0.4, 0.5) is 5.69 Å². The monoisotopic (exact) mass is 582 g/mol. The Morgan fingerprint density at radius 1 is 1.00 bits per heavy atom. The van der Waals surface area contributed by atoms with E-state index >= 15 is 0 Å². The Hall–Kier alpha value is -3.35. The van der Waals surface area contributed by atoms with Crippen LogP contribution in [0.5, 0.6) is 17.2 Å². The predicted molar refractivity (Wildman–Crippen MR) is 156 cm³/mol. The number of ether oxygens (including phenoxy) is 3. The highest BCUT2D eigenvalue weighted by Gasteiger charge is 2.33. The molecule has 39 heavy (non-hydrogen) atoms. The Morgan fingerprint density at radius 3 is 2.18 bits per heavy atom. The van der Waals surface area contributed by atoms with E-state index in [-0.39, 0.29) is 13.3 Å². The molecule has 3 heterocycles. The number of thiophene rings is 2. The van der Waals surface area contributed by atoms with Gasteiger partial charge in [-0.25, -0.2) is 18.0 Å². The molecule has 11 heteroatoms. The minimum absolute atomic E-state index is 0.0686. The molecule has 3 aromatic carbocycles. The molecule has 0 spiro atoms. The van der Waals surface area contributed by atoms with Crippen LogP contribution in [0.2, 0.25) is 0 Å². The standard InChI is InChI=1S/C28H26N2O6S3/c1-28(35-24-15-37-26-9-5-3-7-19(24)26,36-25-16-38-27-10-6-4-8-20(25)27)29-14-22(31)18-11-12-23-21(13-18)30(17-34-23)39(2,32)33/h3-13,15-16,22,29,31H,14,17H2,1-2H3. The number of fused-ring (bicyclic) bond motifs is 3. The van der Waals surface area contributed by atoms with Crippen LogP contribution in [-0.4, -0.2) is 39.0 Å². The Morgan fingerprint density at radius 2 is 1.59 bits per heavy atom. The molecule has 0 saturated carbocycles. The molecular weight excluding hydrogens is 557 g/mol. The molecule has 0 amide bonds. The number of sulfonamides is 1. The van der Waals surface area contributed by atoms with E-state index in [4.69, 9.17) is 14.2 Å². The van der Waals surface area contributed by atoms with Crippen molar-refractivity contribution in [2.45, 2.75) is 18.9 Å². The summed E-state index contributed by atoms with van der Waals surface area (Å²) in [6.07, 6.45) is 0.140. The summed E-state index contributed by atoms with van der Waals surface area (Å²) in [6, 6.07) is 21.0. The fourth-order valence-corrected chi connectivity index (χ4v) is 6.98. The second kappa shape index (κ2) is 10.00. The summed E-state index contributed by atoms with van der Waals surface area (Å²) in [7, 11) is -3.52. The van der Waals surface area contributed by atoms with Crippen molar-refractivity contribution in [3.8, 4) is 17.2 Å². The molecule has 0 fully saturated rings. The van der Waals surface area contributed by atoms with Gasteiger partial charge in [0.05, 0.1) is 18.0 Å². The van der Waals surface area contributed by atoms with Crippen LogP contribution in [-0.2, 0) is 10.0 Å². The molecule has 1 unspecified atom stereocenters. The van der Waals surface area contributed by atoms with Gasteiger partial charge in [-0.2, -0.15) is 0 Å². The van der Waals surface area contributed by atoms with E-state index in [1.54, 1.807) is 47.8 Å². The van der Waals surface area contributed by atoms with Crippen molar-refractivity contribution in [2.75, 3.05) is 23.8 Å². The number of nitrogens with zero attached hydrogens (tertiary/aromatic N) is 1. The number of hydrogen-bond donors (Lipinski definition) is 2. The third kappa shape index (κ3) is 5.15. The molecule has 0 radical (unpaired) electrons. The third-order valence-corrected chi connectivity index (χ3v) is 9.48. The van der Waals surface area contributed by atoms with Crippen LogP contribution in [0, 0.1) is 0 Å². The molecule has 1 atom stereocenters. The van der Waals surface area contributed by atoms with Gasteiger partial charge in [-0.05, 0) is 42.0 Å². The maximum Gasteiger partial charge on any atom is 0.310 e. The summed E-state index contributed by atoms with van der Waals surface area (Å²) >= 11 is 3.16. The second-order valence-corrected chi connectivity index (χ2v) is 13.1. The van der Waals surface area contributed by atoms with Crippen molar-refractivity contribution in [1.82, 2.24) is 5.32 Å². The van der Waals surface area contributed by atoms with Gasteiger partial charge < -0.3 is 19.3 Å². The summed E-state index contributed by atoms with van der Waals surface area (Å²) in [6.45, 7) is 1.76. The lowest BCUT2D eigenvalue weighted by Crippen LogP contribution is -2.53. The molecule has 2 N–H and O–H groups in total. The van der Waals surface area contributed by atoms with E-state index in [1.807, 2.05) is 59.3 Å². The molecule has 6 rings (SSSR count). The first-order valence-corrected chi connectivity index (χ1v) is 15.8. The summed E-state index contributed by atoms with van der Waals surface area (Å²) in [5.74, 6) is 0.443. The Bertz CT molecular complexity index is 1690. The maximum atomic E-state index is 12.2. The summed E-state index contributed by atoms with van der Waals surface area (Å²) in [5.41, 5.74) is 0.934. The van der Waals surface area contributed by atoms with E-state index in [0.717, 1.165) is 26.4 Å². The minimum atomic E-state index is -3.52. The molecule has 1 aliphatic rings. The van der Waals surface area contributed by atoms with Crippen molar-refractivity contribution < 1.29 is 27.7 Å². The van der Waals surface area contributed by atoms with Gasteiger partial charge in [0.25, 0.3) is 0 Å². The number of aliphatic hydroxyl groups is 1. The normalized spacial score (nSPS) is 14.4. The second-order valence-electron chi connectivity index (χ2n) is 9.35. The zero-order chi connectivity index (χ0) is 27.2. The topological polar surface area (TPSA) is 97.3 Å². The molecule has 2 aromatic heterocycles. The van der Waals surface area contributed by atoms with Gasteiger partial charge in [0, 0.05) is 44.4 Å². The number of benzene rings is 3. The third-order valence-electron chi connectivity index (χ3n) is 6.49. The van der Waals surface area contributed by atoms with E-state index < -0.39 is 22.0 Å². The summed E-state index contributed by atoms with van der Waals surface area (Å²) in [4.78, 5) is 0. The van der Waals surface area contributed by atoms with Gasteiger partial charge in [-0.3, -0.25) is 0 Å². The van der Waals surface area contributed by atoms with Gasteiger partial charge in [-0.1, -0.05) is 30.3 Å². The molecule has 0 aliphatic carbocycles. The average molecular weight is 583 g/mol. The zero-order valence-electron chi connectivity index (χ0n) is 21.2. The van der Waals surface area contributed by atoms with E-state index in [0.29, 0.717) is 28.5 Å². The highest BCUT2D eigenvalue weighted by molar-refractivity contribution is 7.92. The maximum absolute atomic E-state index is 12.2. The minimum Gasteiger partial charge on any atom is -0.470 e. The molecule has 5 aromatic rings. The first kappa shape index (κ1) is 25.9. The van der Waals surface area contributed by atoms with Crippen molar-refractivity contribution in [3.05, 3.63) is 83.1 Å². The van der Waals surface area contributed by atoms with Gasteiger partial charge >= 0.3 is 5.91 Å².